The van der Waals surface area contributed by atoms with Crippen LogP contribution >= 0.6 is 0 Å². The van der Waals surface area contributed by atoms with Crippen molar-refractivity contribution in [3.63, 3.8) is 0 Å². The van der Waals surface area contributed by atoms with Crippen LogP contribution < -0.4 is 11.0 Å². The third-order valence-electron chi connectivity index (χ3n) is 2.96. The van der Waals surface area contributed by atoms with E-state index in [0.717, 1.165) is 5.56 Å². The van der Waals surface area contributed by atoms with Crippen molar-refractivity contribution in [2.24, 2.45) is 5.10 Å². The van der Waals surface area contributed by atoms with Gasteiger partial charge < -0.3 is 5.11 Å². The molecule has 110 valence electrons. The first-order valence-electron chi connectivity index (χ1n) is 6.57. The molecule has 7 heteroatoms. The topological polar surface area (TPSA) is 103 Å². The van der Waals surface area contributed by atoms with Crippen LogP contribution in [0.1, 0.15) is 30.2 Å². The van der Waals surface area contributed by atoms with Crippen LogP contribution in [0.5, 0.6) is 5.75 Å². The van der Waals surface area contributed by atoms with Crippen molar-refractivity contribution in [2.45, 2.75) is 27.2 Å². The van der Waals surface area contributed by atoms with Crippen molar-refractivity contribution >= 4 is 11.7 Å². The summed E-state index contributed by atoms with van der Waals surface area (Å²) in [5, 5.41) is 21.6. The van der Waals surface area contributed by atoms with Gasteiger partial charge in [-0.15, -0.1) is 10.2 Å². The molecular formula is C14H17N5O2. The van der Waals surface area contributed by atoms with E-state index in [4.69, 9.17) is 0 Å². The quantitative estimate of drug-likeness (QED) is 0.586. The second kappa shape index (κ2) is 6.17. The molecule has 0 saturated carbocycles. The Morgan fingerprint density at radius 1 is 1.38 bits per heavy atom. The number of phenols is 1. The molecule has 21 heavy (non-hydrogen) atoms. The summed E-state index contributed by atoms with van der Waals surface area (Å²) in [4.78, 5) is 14.0. The van der Waals surface area contributed by atoms with Crippen LogP contribution in [0.15, 0.2) is 28.1 Å². The van der Waals surface area contributed by atoms with Gasteiger partial charge in [-0.3, -0.25) is 9.78 Å². The molecule has 0 aliphatic rings. The highest BCUT2D eigenvalue weighted by molar-refractivity contribution is 6.03. The molecule has 0 spiro atoms. The fraction of sp³-hybridized carbons (Fsp3) is 0.286. The molecule has 7 nitrogen and oxygen atoms in total. The van der Waals surface area contributed by atoms with E-state index in [-0.39, 0.29) is 23.0 Å². The Morgan fingerprint density at radius 3 is 2.81 bits per heavy atom. The van der Waals surface area contributed by atoms with Gasteiger partial charge in [0.1, 0.15) is 11.4 Å². The van der Waals surface area contributed by atoms with Crippen LogP contribution in [0.4, 0.5) is 5.95 Å². The van der Waals surface area contributed by atoms with Crippen molar-refractivity contribution in [3.8, 4) is 5.75 Å². The van der Waals surface area contributed by atoms with Crippen LogP contribution in [-0.2, 0) is 0 Å². The number of nitrogens with zero attached hydrogens (tertiary/aromatic N) is 3. The Hall–Kier alpha value is -2.70. The minimum absolute atomic E-state index is 0.156. The number of phenolic OH excluding ortho intramolecular Hbond substituents is 1. The lowest BCUT2D eigenvalue weighted by molar-refractivity contribution is 0.474. The van der Waals surface area contributed by atoms with Crippen molar-refractivity contribution in [1.82, 2.24) is 15.2 Å². The fourth-order valence-electron chi connectivity index (χ4n) is 1.77. The highest BCUT2D eigenvalue weighted by Gasteiger charge is 2.08. The van der Waals surface area contributed by atoms with Crippen LogP contribution in [0.25, 0.3) is 0 Å². The largest absolute Gasteiger partial charge is 0.507 e. The van der Waals surface area contributed by atoms with Gasteiger partial charge in [0.15, 0.2) is 0 Å². The lowest BCUT2D eigenvalue weighted by Crippen LogP contribution is -2.16. The maximum Gasteiger partial charge on any atom is 0.274 e. The molecule has 0 fully saturated rings. The number of aromatic hydroxyl groups is 1. The van der Waals surface area contributed by atoms with Gasteiger partial charge in [-0.1, -0.05) is 18.6 Å². The van der Waals surface area contributed by atoms with E-state index in [1.165, 1.54) is 0 Å². The molecule has 0 aliphatic heterocycles. The van der Waals surface area contributed by atoms with Gasteiger partial charge in [0.25, 0.3) is 5.56 Å². The van der Waals surface area contributed by atoms with E-state index in [2.05, 4.69) is 25.7 Å². The van der Waals surface area contributed by atoms with Crippen molar-refractivity contribution in [1.29, 1.82) is 0 Å². The molecule has 1 heterocycles. The van der Waals surface area contributed by atoms with Crippen LogP contribution in [0, 0.1) is 13.8 Å². The first-order valence-corrected chi connectivity index (χ1v) is 6.57. The molecule has 1 aromatic heterocycles. The molecule has 0 amide bonds. The van der Waals surface area contributed by atoms with Gasteiger partial charge in [-0.25, -0.2) is 5.43 Å². The number of hydrogen-bond acceptors (Lipinski definition) is 6. The number of benzene rings is 1. The maximum atomic E-state index is 11.4. The lowest BCUT2D eigenvalue weighted by Gasteiger charge is -2.08. The standard InChI is InChI=1S/C14H17N5O2/c1-4-11(10-7-8(2)5-6-12(10)20)17-19-14-15-13(21)9(3)16-18-14/h5-7,20H,4H2,1-3H3,(H2,15,18,19,21)/b17-11+. The molecule has 2 aromatic rings. The number of aromatic amines is 1. The second-order valence-electron chi connectivity index (χ2n) is 4.63. The number of aryl methyl sites for hydroxylation is 2. The fourth-order valence-corrected chi connectivity index (χ4v) is 1.77. The van der Waals surface area contributed by atoms with Gasteiger partial charge in [-0.05, 0) is 32.4 Å². The van der Waals surface area contributed by atoms with E-state index in [0.29, 0.717) is 17.7 Å². The average molecular weight is 287 g/mol. The van der Waals surface area contributed by atoms with Crippen LogP contribution in [-0.4, -0.2) is 26.0 Å². The molecule has 1 aromatic carbocycles. The van der Waals surface area contributed by atoms with Gasteiger partial charge in [0, 0.05) is 5.56 Å². The Kier molecular flexibility index (Phi) is 4.32. The number of anilines is 1. The Labute approximate surface area is 121 Å². The van der Waals surface area contributed by atoms with Crippen LogP contribution in [0.3, 0.4) is 0 Å². The number of hydrogen-bond donors (Lipinski definition) is 3. The number of hydrazone groups is 1. The smallest absolute Gasteiger partial charge is 0.274 e. The monoisotopic (exact) mass is 287 g/mol. The van der Waals surface area contributed by atoms with Gasteiger partial charge in [0.05, 0.1) is 5.71 Å². The molecule has 0 unspecified atom stereocenters. The normalized spacial score (nSPS) is 11.5. The minimum Gasteiger partial charge on any atom is -0.507 e. The maximum absolute atomic E-state index is 11.4. The van der Waals surface area contributed by atoms with Crippen LogP contribution in [0.2, 0.25) is 0 Å². The molecule has 2 rings (SSSR count). The predicted molar refractivity (Wildman–Crippen MR) is 80.7 cm³/mol. The summed E-state index contributed by atoms with van der Waals surface area (Å²) in [5.74, 6) is 0.315. The van der Waals surface area contributed by atoms with E-state index in [1.807, 2.05) is 26.0 Å². The predicted octanol–water partition coefficient (Wildman–Crippen LogP) is 1.71. The first-order chi connectivity index (χ1) is 10.0. The van der Waals surface area contributed by atoms with Gasteiger partial charge in [0.2, 0.25) is 5.95 Å². The van der Waals surface area contributed by atoms with Crippen molar-refractivity contribution in [2.75, 3.05) is 5.43 Å². The number of rotatable bonds is 4. The second-order valence-corrected chi connectivity index (χ2v) is 4.63. The van der Waals surface area contributed by atoms with E-state index < -0.39 is 0 Å². The summed E-state index contributed by atoms with van der Waals surface area (Å²) < 4.78 is 0. The molecule has 0 radical (unpaired) electrons. The van der Waals surface area contributed by atoms with E-state index >= 15 is 0 Å². The Balaban J connectivity index is 2.30. The number of H-pyrrole nitrogens is 1. The highest BCUT2D eigenvalue weighted by atomic mass is 16.3. The van der Waals surface area contributed by atoms with Crippen molar-refractivity contribution in [3.05, 3.63) is 45.4 Å². The average Bonchev–Trinajstić information content (AvgIpc) is 2.46. The summed E-state index contributed by atoms with van der Waals surface area (Å²) >= 11 is 0. The zero-order valence-electron chi connectivity index (χ0n) is 12.1. The zero-order chi connectivity index (χ0) is 15.4. The highest BCUT2D eigenvalue weighted by Crippen LogP contribution is 2.20. The summed E-state index contributed by atoms with van der Waals surface area (Å²) in [6, 6.07) is 5.30. The Morgan fingerprint density at radius 2 is 2.14 bits per heavy atom. The lowest BCUT2D eigenvalue weighted by atomic mass is 10.0. The SMILES string of the molecule is CC/C(=N\Nc1nnc(C)c(=O)[nH]1)c1cc(C)ccc1O. The number of aromatic nitrogens is 3. The molecular weight excluding hydrogens is 270 g/mol. The Bertz CT molecular complexity index is 736. The third-order valence-corrected chi connectivity index (χ3v) is 2.96. The first kappa shape index (κ1) is 14.7. The third kappa shape index (κ3) is 3.44. The molecule has 0 aliphatic carbocycles. The zero-order valence-corrected chi connectivity index (χ0v) is 12.1. The minimum atomic E-state index is -0.320. The molecule has 0 bridgehead atoms. The summed E-state index contributed by atoms with van der Waals surface area (Å²) in [5.41, 5.74) is 4.94. The number of nitrogens with one attached hydrogen (secondary N) is 2. The van der Waals surface area contributed by atoms with E-state index in [1.54, 1.807) is 13.0 Å². The van der Waals surface area contributed by atoms with Crippen molar-refractivity contribution < 1.29 is 5.11 Å². The van der Waals surface area contributed by atoms with Gasteiger partial charge in [-0.2, -0.15) is 5.10 Å². The summed E-state index contributed by atoms with van der Waals surface area (Å²) in [7, 11) is 0. The summed E-state index contributed by atoms with van der Waals surface area (Å²) in [6.45, 7) is 5.43. The molecule has 0 saturated heterocycles. The molecule has 0 atom stereocenters. The summed E-state index contributed by atoms with van der Waals surface area (Å²) in [6.07, 6.45) is 0.605. The van der Waals surface area contributed by atoms with E-state index in [9.17, 15) is 9.90 Å². The molecule has 3 N–H and O–H groups in total. The van der Waals surface area contributed by atoms with Gasteiger partial charge >= 0.3 is 0 Å².